The number of carboxylic acids is 1. The van der Waals surface area contributed by atoms with Gasteiger partial charge in [0.15, 0.2) is 6.33 Å². The molecule has 0 aromatic carbocycles. The molecule has 8 nitrogen and oxygen atoms in total. The second-order valence-electron chi connectivity index (χ2n) is 4.49. The number of urea groups is 1. The maximum absolute atomic E-state index is 11.8. The van der Waals surface area contributed by atoms with E-state index in [1.807, 2.05) is 13.8 Å². The first-order valence-electron chi connectivity index (χ1n) is 5.99. The fourth-order valence-corrected chi connectivity index (χ4v) is 1.52. The average Bonchev–Trinajstić information content (AvgIpc) is 2.79. The van der Waals surface area contributed by atoms with E-state index in [4.69, 9.17) is 9.63 Å². The number of nitrogens with one attached hydrogen (secondary N) is 1. The third kappa shape index (κ3) is 5.84. The summed E-state index contributed by atoms with van der Waals surface area (Å²) in [5.41, 5.74) is 0. The summed E-state index contributed by atoms with van der Waals surface area (Å²) in [6.07, 6.45) is 1.70. The molecule has 0 unspecified atom stereocenters. The van der Waals surface area contributed by atoms with Crippen LogP contribution in [0.15, 0.2) is 10.9 Å². The number of hydrogen-bond donors (Lipinski definition) is 2. The topological polar surface area (TPSA) is 109 Å². The number of nitrogens with zero attached hydrogens (tertiary/aromatic N) is 3. The second-order valence-corrected chi connectivity index (χ2v) is 4.49. The lowest BCUT2D eigenvalue weighted by Gasteiger charge is -2.22. The van der Waals surface area contributed by atoms with Crippen molar-refractivity contribution in [2.24, 2.45) is 5.92 Å². The molecule has 0 fully saturated rings. The Balaban J connectivity index is 2.40. The van der Waals surface area contributed by atoms with Crippen LogP contribution in [0.3, 0.4) is 0 Å². The van der Waals surface area contributed by atoms with Crippen LogP contribution in [-0.4, -0.2) is 51.8 Å². The van der Waals surface area contributed by atoms with Crippen LogP contribution in [-0.2, 0) is 11.2 Å². The van der Waals surface area contributed by atoms with Crippen molar-refractivity contribution in [3.05, 3.63) is 12.2 Å². The van der Waals surface area contributed by atoms with E-state index >= 15 is 0 Å². The highest BCUT2D eigenvalue weighted by atomic mass is 16.5. The minimum atomic E-state index is -1.03. The van der Waals surface area contributed by atoms with Crippen molar-refractivity contribution < 1.29 is 19.2 Å². The SMILES string of the molecule is CC(C)CN(CC(=O)O)C(=O)NCCc1ncno1. The lowest BCUT2D eigenvalue weighted by Crippen LogP contribution is -2.45. The Hall–Kier alpha value is -2.12. The molecule has 1 rings (SSSR count). The minimum Gasteiger partial charge on any atom is -0.480 e. The van der Waals surface area contributed by atoms with Crippen LogP contribution in [0, 0.1) is 5.92 Å². The summed E-state index contributed by atoms with van der Waals surface area (Å²) in [5, 5.41) is 14.8. The number of carbonyl (C=O) groups excluding carboxylic acids is 1. The highest BCUT2D eigenvalue weighted by molar-refractivity contribution is 5.80. The molecule has 19 heavy (non-hydrogen) atoms. The van der Waals surface area contributed by atoms with Gasteiger partial charge in [-0.2, -0.15) is 4.98 Å². The quantitative estimate of drug-likeness (QED) is 0.740. The molecule has 2 N–H and O–H groups in total. The first-order valence-corrected chi connectivity index (χ1v) is 5.99. The summed E-state index contributed by atoms with van der Waals surface area (Å²) in [4.78, 5) is 27.6. The summed E-state index contributed by atoms with van der Waals surface area (Å²) in [7, 11) is 0. The molecule has 2 amide bonds. The Kier molecular flexibility index (Phi) is 5.77. The number of aliphatic carboxylic acids is 1. The van der Waals surface area contributed by atoms with Gasteiger partial charge in [0.2, 0.25) is 5.89 Å². The van der Waals surface area contributed by atoms with Gasteiger partial charge in [-0.05, 0) is 5.92 Å². The van der Waals surface area contributed by atoms with Crippen molar-refractivity contribution in [1.82, 2.24) is 20.4 Å². The maximum Gasteiger partial charge on any atom is 0.323 e. The van der Waals surface area contributed by atoms with Crippen LogP contribution >= 0.6 is 0 Å². The van der Waals surface area contributed by atoms with Gasteiger partial charge < -0.3 is 19.8 Å². The van der Waals surface area contributed by atoms with Gasteiger partial charge >= 0.3 is 12.0 Å². The van der Waals surface area contributed by atoms with Gasteiger partial charge in [0.05, 0.1) is 0 Å². The summed E-state index contributed by atoms with van der Waals surface area (Å²) in [6, 6.07) is -0.407. The number of carbonyl (C=O) groups is 2. The fourth-order valence-electron chi connectivity index (χ4n) is 1.52. The van der Waals surface area contributed by atoms with Crippen molar-refractivity contribution in [2.45, 2.75) is 20.3 Å². The molecule has 8 heteroatoms. The first kappa shape index (κ1) is 14.9. The van der Waals surface area contributed by atoms with Gasteiger partial charge in [0.25, 0.3) is 0 Å². The molecule has 0 aliphatic heterocycles. The van der Waals surface area contributed by atoms with Crippen LogP contribution in [0.4, 0.5) is 4.79 Å². The minimum absolute atomic E-state index is 0.195. The molecule has 106 valence electrons. The molecule has 0 radical (unpaired) electrons. The summed E-state index contributed by atoms with van der Waals surface area (Å²) in [5.74, 6) is -0.414. The number of amides is 2. The van der Waals surface area contributed by atoms with Crippen LogP contribution in [0.5, 0.6) is 0 Å². The van der Waals surface area contributed by atoms with E-state index in [9.17, 15) is 9.59 Å². The Labute approximate surface area is 110 Å². The maximum atomic E-state index is 11.8. The third-order valence-corrected chi connectivity index (χ3v) is 2.22. The van der Waals surface area contributed by atoms with Gasteiger partial charge in [-0.1, -0.05) is 19.0 Å². The molecular formula is C11H18N4O4. The molecule has 1 aromatic heterocycles. The smallest absolute Gasteiger partial charge is 0.323 e. The summed E-state index contributed by atoms with van der Waals surface area (Å²) >= 11 is 0. The van der Waals surface area contributed by atoms with Crippen molar-refractivity contribution in [3.63, 3.8) is 0 Å². The van der Waals surface area contributed by atoms with Gasteiger partial charge in [0.1, 0.15) is 6.54 Å². The van der Waals surface area contributed by atoms with Crippen molar-refractivity contribution in [3.8, 4) is 0 Å². The zero-order valence-electron chi connectivity index (χ0n) is 11.0. The van der Waals surface area contributed by atoms with E-state index in [-0.39, 0.29) is 12.5 Å². The molecule has 0 aliphatic carbocycles. The van der Waals surface area contributed by atoms with Crippen molar-refractivity contribution in [1.29, 1.82) is 0 Å². The predicted octanol–water partition coefficient (Wildman–Crippen LogP) is 0.364. The molecule has 0 bridgehead atoms. The average molecular weight is 270 g/mol. The van der Waals surface area contributed by atoms with Gasteiger partial charge in [-0.25, -0.2) is 4.79 Å². The van der Waals surface area contributed by atoms with E-state index < -0.39 is 12.0 Å². The number of rotatable bonds is 7. The largest absolute Gasteiger partial charge is 0.480 e. The van der Waals surface area contributed by atoms with Crippen LogP contribution in [0.2, 0.25) is 0 Å². The summed E-state index contributed by atoms with van der Waals surface area (Å²) < 4.78 is 4.78. The standard InChI is InChI=1S/C11H18N4O4/c1-8(2)5-15(6-10(16)17)11(18)12-4-3-9-13-7-14-19-9/h7-8H,3-6H2,1-2H3,(H,12,18)(H,16,17). The Morgan fingerprint density at radius 1 is 1.53 bits per heavy atom. The van der Waals surface area contributed by atoms with Gasteiger partial charge in [0, 0.05) is 19.5 Å². The Bertz CT molecular complexity index is 405. The predicted molar refractivity (Wildman–Crippen MR) is 65.4 cm³/mol. The van der Waals surface area contributed by atoms with E-state index in [0.717, 1.165) is 0 Å². The van der Waals surface area contributed by atoms with Crippen LogP contribution in [0.25, 0.3) is 0 Å². The highest BCUT2D eigenvalue weighted by Gasteiger charge is 2.17. The summed E-state index contributed by atoms with van der Waals surface area (Å²) in [6.45, 7) is 4.22. The van der Waals surface area contributed by atoms with E-state index in [0.29, 0.717) is 25.4 Å². The molecule has 0 aliphatic rings. The lowest BCUT2D eigenvalue weighted by atomic mass is 10.2. The molecule has 1 aromatic rings. The third-order valence-electron chi connectivity index (χ3n) is 2.22. The molecular weight excluding hydrogens is 252 g/mol. The van der Waals surface area contributed by atoms with E-state index in [1.165, 1.54) is 11.2 Å². The number of aromatic nitrogens is 2. The first-order chi connectivity index (χ1) is 8.99. The van der Waals surface area contributed by atoms with Crippen LogP contribution in [0.1, 0.15) is 19.7 Å². The molecule has 0 atom stereocenters. The number of carboxylic acid groups (broad SMARTS) is 1. The van der Waals surface area contributed by atoms with Crippen molar-refractivity contribution in [2.75, 3.05) is 19.6 Å². The zero-order chi connectivity index (χ0) is 14.3. The van der Waals surface area contributed by atoms with Crippen LogP contribution < -0.4 is 5.32 Å². The monoisotopic (exact) mass is 270 g/mol. The second kappa shape index (κ2) is 7.34. The Morgan fingerprint density at radius 3 is 2.79 bits per heavy atom. The van der Waals surface area contributed by atoms with Gasteiger partial charge in [-0.3, -0.25) is 4.79 Å². The normalized spacial score (nSPS) is 10.5. The fraction of sp³-hybridized carbons (Fsp3) is 0.636. The highest BCUT2D eigenvalue weighted by Crippen LogP contribution is 1.99. The van der Waals surface area contributed by atoms with E-state index in [1.54, 1.807) is 0 Å². The van der Waals surface area contributed by atoms with Gasteiger partial charge in [-0.15, -0.1) is 0 Å². The molecule has 1 heterocycles. The zero-order valence-corrected chi connectivity index (χ0v) is 11.0. The lowest BCUT2D eigenvalue weighted by molar-refractivity contribution is -0.137. The molecule has 0 spiro atoms. The van der Waals surface area contributed by atoms with Crippen molar-refractivity contribution >= 4 is 12.0 Å². The molecule has 0 saturated carbocycles. The Morgan fingerprint density at radius 2 is 2.26 bits per heavy atom. The number of hydrogen-bond acceptors (Lipinski definition) is 5. The molecule has 0 saturated heterocycles. The van der Waals surface area contributed by atoms with E-state index in [2.05, 4.69) is 15.5 Å².